The van der Waals surface area contributed by atoms with Crippen LogP contribution in [0, 0.1) is 6.92 Å². The number of rotatable bonds is 3. The Kier molecular flexibility index (Phi) is 3.13. The summed E-state index contributed by atoms with van der Waals surface area (Å²) in [6.45, 7) is 1.94. The highest BCUT2D eigenvalue weighted by atomic mass is 16.3. The van der Waals surface area contributed by atoms with Crippen LogP contribution in [0.2, 0.25) is 0 Å². The molecule has 0 spiro atoms. The smallest absolute Gasteiger partial charge is 0.152 e. The van der Waals surface area contributed by atoms with Crippen molar-refractivity contribution in [1.82, 2.24) is 10.2 Å². The molecule has 3 rings (SSSR count). The van der Waals surface area contributed by atoms with Gasteiger partial charge in [0, 0.05) is 11.8 Å². The van der Waals surface area contributed by atoms with Crippen LogP contribution < -0.4 is 5.32 Å². The lowest BCUT2D eigenvalue weighted by molar-refractivity contribution is 0.475. The van der Waals surface area contributed by atoms with E-state index in [1.807, 2.05) is 49.4 Å². The summed E-state index contributed by atoms with van der Waals surface area (Å²) in [5.41, 5.74) is 3.95. The first kappa shape index (κ1) is 12.3. The van der Waals surface area contributed by atoms with E-state index in [4.69, 9.17) is 0 Å². The summed E-state index contributed by atoms with van der Waals surface area (Å²) in [6, 6.07) is 17.2. The van der Waals surface area contributed by atoms with Crippen LogP contribution in [0.3, 0.4) is 0 Å². The van der Waals surface area contributed by atoms with E-state index in [0.717, 1.165) is 28.3 Å². The maximum atomic E-state index is 9.41. The molecule has 0 fully saturated rings. The quantitative estimate of drug-likeness (QED) is 0.631. The molecule has 0 aliphatic carbocycles. The molecule has 4 nitrogen and oxygen atoms in total. The second-order valence-electron chi connectivity index (χ2n) is 4.66. The van der Waals surface area contributed by atoms with Crippen LogP contribution in [0.5, 0.6) is 5.75 Å². The Hall–Kier alpha value is -2.75. The Morgan fingerprint density at radius 1 is 1.05 bits per heavy atom. The molecule has 0 saturated carbocycles. The minimum Gasteiger partial charge on any atom is -0.508 e. The van der Waals surface area contributed by atoms with Crippen LogP contribution in [-0.2, 0) is 0 Å². The summed E-state index contributed by atoms with van der Waals surface area (Å²) >= 11 is 0. The Morgan fingerprint density at radius 2 is 1.85 bits per heavy atom. The molecule has 3 N–H and O–H groups in total. The van der Waals surface area contributed by atoms with Crippen molar-refractivity contribution in [2.75, 3.05) is 5.32 Å². The van der Waals surface area contributed by atoms with Gasteiger partial charge in [-0.15, -0.1) is 0 Å². The lowest BCUT2D eigenvalue weighted by atomic mass is 10.1. The summed E-state index contributed by atoms with van der Waals surface area (Å²) in [5, 5.41) is 19.9. The average Bonchev–Trinajstić information content (AvgIpc) is 2.92. The minimum atomic E-state index is 0.264. The van der Waals surface area contributed by atoms with Gasteiger partial charge in [0.1, 0.15) is 5.75 Å². The molecule has 0 unspecified atom stereocenters. The molecule has 1 heterocycles. The molecule has 0 saturated heterocycles. The van der Waals surface area contributed by atoms with Crippen molar-refractivity contribution < 1.29 is 5.11 Å². The molecule has 100 valence electrons. The van der Waals surface area contributed by atoms with Gasteiger partial charge in [0.25, 0.3) is 0 Å². The first-order valence-corrected chi connectivity index (χ1v) is 6.40. The Bertz CT molecular complexity index is 720. The van der Waals surface area contributed by atoms with Crippen LogP contribution in [-0.4, -0.2) is 15.3 Å². The first-order valence-electron chi connectivity index (χ1n) is 6.40. The monoisotopic (exact) mass is 265 g/mol. The minimum absolute atomic E-state index is 0.264. The van der Waals surface area contributed by atoms with E-state index in [1.54, 1.807) is 12.1 Å². The number of hydrogen-bond acceptors (Lipinski definition) is 3. The summed E-state index contributed by atoms with van der Waals surface area (Å²) in [7, 11) is 0. The zero-order valence-corrected chi connectivity index (χ0v) is 11.1. The second kappa shape index (κ2) is 5.09. The van der Waals surface area contributed by atoms with Gasteiger partial charge in [0.2, 0.25) is 0 Å². The lowest BCUT2D eigenvalue weighted by Crippen LogP contribution is -1.92. The fourth-order valence-corrected chi connectivity index (χ4v) is 2.08. The number of aryl methyl sites for hydroxylation is 1. The number of phenols is 1. The molecule has 0 bridgehead atoms. The molecule has 4 heteroatoms. The summed E-state index contributed by atoms with van der Waals surface area (Å²) in [6.07, 6.45) is 0. The highest BCUT2D eigenvalue weighted by molar-refractivity contribution is 5.67. The average molecular weight is 265 g/mol. The van der Waals surface area contributed by atoms with Gasteiger partial charge in [0.05, 0.1) is 5.69 Å². The number of anilines is 2. The van der Waals surface area contributed by atoms with E-state index in [0.29, 0.717) is 0 Å². The molecule has 0 amide bonds. The molecule has 0 radical (unpaired) electrons. The zero-order chi connectivity index (χ0) is 13.9. The Morgan fingerprint density at radius 3 is 2.60 bits per heavy atom. The van der Waals surface area contributed by atoms with E-state index in [1.165, 1.54) is 0 Å². The van der Waals surface area contributed by atoms with Crippen LogP contribution in [0.25, 0.3) is 11.3 Å². The summed E-state index contributed by atoms with van der Waals surface area (Å²) in [5.74, 6) is 1.01. The topological polar surface area (TPSA) is 60.9 Å². The van der Waals surface area contributed by atoms with Gasteiger partial charge in [-0.2, -0.15) is 5.10 Å². The Balaban J connectivity index is 1.84. The summed E-state index contributed by atoms with van der Waals surface area (Å²) in [4.78, 5) is 0. The molecule has 0 aliphatic heterocycles. The SMILES string of the molecule is Cc1cc(O)ccc1Nc1cc(-c2ccccc2)[nH]n1. The van der Waals surface area contributed by atoms with Crippen LogP contribution in [0.1, 0.15) is 5.56 Å². The molecule has 3 aromatic rings. The van der Waals surface area contributed by atoms with E-state index in [9.17, 15) is 5.11 Å². The fourth-order valence-electron chi connectivity index (χ4n) is 2.08. The van der Waals surface area contributed by atoms with Gasteiger partial charge in [-0.3, -0.25) is 5.10 Å². The second-order valence-corrected chi connectivity index (χ2v) is 4.66. The van der Waals surface area contributed by atoms with E-state index < -0.39 is 0 Å². The van der Waals surface area contributed by atoms with Crippen molar-refractivity contribution in [2.24, 2.45) is 0 Å². The van der Waals surface area contributed by atoms with Crippen molar-refractivity contribution in [2.45, 2.75) is 6.92 Å². The lowest BCUT2D eigenvalue weighted by Gasteiger charge is -2.06. The van der Waals surface area contributed by atoms with Gasteiger partial charge in [-0.25, -0.2) is 0 Å². The third-order valence-electron chi connectivity index (χ3n) is 3.14. The largest absolute Gasteiger partial charge is 0.508 e. The van der Waals surface area contributed by atoms with Crippen LogP contribution in [0.15, 0.2) is 54.6 Å². The van der Waals surface area contributed by atoms with Gasteiger partial charge in [-0.05, 0) is 36.2 Å². The van der Waals surface area contributed by atoms with Crippen molar-refractivity contribution in [3.8, 4) is 17.0 Å². The maximum Gasteiger partial charge on any atom is 0.152 e. The van der Waals surface area contributed by atoms with Crippen molar-refractivity contribution >= 4 is 11.5 Å². The third kappa shape index (κ3) is 2.49. The first-order chi connectivity index (χ1) is 9.72. The van der Waals surface area contributed by atoms with Crippen LogP contribution in [0.4, 0.5) is 11.5 Å². The molecular weight excluding hydrogens is 250 g/mol. The number of phenolic OH excluding ortho intramolecular Hbond substituents is 1. The molecule has 20 heavy (non-hydrogen) atoms. The van der Waals surface area contributed by atoms with Gasteiger partial charge >= 0.3 is 0 Å². The fraction of sp³-hybridized carbons (Fsp3) is 0.0625. The number of aromatic nitrogens is 2. The molecule has 0 aliphatic rings. The summed E-state index contributed by atoms with van der Waals surface area (Å²) < 4.78 is 0. The Labute approximate surface area is 117 Å². The van der Waals surface area contributed by atoms with E-state index >= 15 is 0 Å². The maximum absolute atomic E-state index is 9.41. The number of nitrogens with zero attached hydrogens (tertiary/aromatic N) is 1. The predicted octanol–water partition coefficient (Wildman–Crippen LogP) is 3.83. The third-order valence-corrected chi connectivity index (χ3v) is 3.14. The highest BCUT2D eigenvalue weighted by Crippen LogP contribution is 2.25. The molecular formula is C16H15N3O. The number of benzene rings is 2. The van der Waals surface area contributed by atoms with Crippen molar-refractivity contribution in [3.05, 3.63) is 60.2 Å². The highest BCUT2D eigenvalue weighted by Gasteiger charge is 2.05. The van der Waals surface area contributed by atoms with E-state index in [-0.39, 0.29) is 5.75 Å². The van der Waals surface area contributed by atoms with Gasteiger partial charge in [-0.1, -0.05) is 30.3 Å². The zero-order valence-electron chi connectivity index (χ0n) is 11.1. The normalized spacial score (nSPS) is 10.4. The van der Waals surface area contributed by atoms with Crippen molar-refractivity contribution in [1.29, 1.82) is 0 Å². The predicted molar refractivity (Wildman–Crippen MR) is 80.2 cm³/mol. The molecule has 1 aromatic heterocycles. The molecule has 0 atom stereocenters. The number of aromatic amines is 1. The number of aromatic hydroxyl groups is 1. The van der Waals surface area contributed by atoms with Crippen LogP contribution >= 0.6 is 0 Å². The molecule has 2 aromatic carbocycles. The standard InChI is InChI=1S/C16H15N3O/c1-11-9-13(20)7-8-14(11)17-16-10-15(18-19-16)12-5-3-2-4-6-12/h2-10,20H,1H3,(H2,17,18,19). The van der Waals surface area contributed by atoms with E-state index in [2.05, 4.69) is 15.5 Å². The number of H-pyrrole nitrogens is 1. The van der Waals surface area contributed by atoms with Gasteiger partial charge < -0.3 is 10.4 Å². The number of nitrogens with one attached hydrogen (secondary N) is 2. The van der Waals surface area contributed by atoms with Crippen molar-refractivity contribution in [3.63, 3.8) is 0 Å². The van der Waals surface area contributed by atoms with Gasteiger partial charge in [0.15, 0.2) is 5.82 Å². The number of hydrogen-bond donors (Lipinski definition) is 3.